The molecule has 9 heteroatoms. The van der Waals surface area contributed by atoms with Gasteiger partial charge in [-0.2, -0.15) is 9.97 Å². The van der Waals surface area contributed by atoms with E-state index >= 15 is 0 Å². The van der Waals surface area contributed by atoms with Crippen LogP contribution in [0.3, 0.4) is 0 Å². The lowest BCUT2D eigenvalue weighted by Crippen LogP contribution is -2.46. The van der Waals surface area contributed by atoms with Crippen molar-refractivity contribution in [2.75, 3.05) is 27.3 Å². The molecule has 126 valence electrons. The molecule has 0 unspecified atom stereocenters. The van der Waals surface area contributed by atoms with E-state index in [1.807, 2.05) is 6.92 Å². The highest BCUT2D eigenvalue weighted by Crippen LogP contribution is 2.21. The lowest BCUT2D eigenvalue weighted by atomic mass is 10.1. The number of amides is 2. The van der Waals surface area contributed by atoms with Gasteiger partial charge in [0.1, 0.15) is 11.7 Å². The van der Waals surface area contributed by atoms with Crippen molar-refractivity contribution < 1.29 is 19.1 Å². The Balaban J connectivity index is 2.29. The zero-order valence-electron chi connectivity index (χ0n) is 13.4. The van der Waals surface area contributed by atoms with Gasteiger partial charge < -0.3 is 25.4 Å². The minimum atomic E-state index is -0.607. The monoisotopic (exact) mass is 323 g/mol. The molecule has 0 aromatic carbocycles. The van der Waals surface area contributed by atoms with E-state index in [4.69, 9.17) is 15.2 Å². The summed E-state index contributed by atoms with van der Waals surface area (Å²) in [5, 5.41) is 2.72. The summed E-state index contributed by atoms with van der Waals surface area (Å²) in [6.07, 6.45) is 0.414. The molecule has 2 amide bonds. The van der Waals surface area contributed by atoms with E-state index in [0.29, 0.717) is 13.0 Å². The van der Waals surface area contributed by atoms with Crippen LogP contribution >= 0.6 is 0 Å². The standard InChI is InChI=1S/C14H21N5O4/c1-4-16-12(20)10-5-8(15)7-19(10)13(21)9-6-11(22-2)18-14(17-9)23-3/h6,8,10H,4-5,7,15H2,1-3H3,(H,16,20)/t8-,10+/m1/s1. The van der Waals surface area contributed by atoms with Gasteiger partial charge in [0.2, 0.25) is 11.8 Å². The molecule has 0 bridgehead atoms. The Morgan fingerprint density at radius 2 is 2.13 bits per heavy atom. The molecule has 9 nitrogen and oxygen atoms in total. The van der Waals surface area contributed by atoms with Gasteiger partial charge in [-0.05, 0) is 13.3 Å². The van der Waals surface area contributed by atoms with Crippen LogP contribution in [0.4, 0.5) is 0 Å². The van der Waals surface area contributed by atoms with Crippen LogP contribution in [0.5, 0.6) is 11.9 Å². The number of likely N-dealkylation sites (tertiary alicyclic amines) is 1. The van der Waals surface area contributed by atoms with Crippen molar-refractivity contribution in [1.29, 1.82) is 0 Å². The average molecular weight is 323 g/mol. The summed E-state index contributed by atoms with van der Waals surface area (Å²) in [5.41, 5.74) is 6.02. The predicted octanol–water partition coefficient (Wildman–Crippen LogP) is -0.828. The summed E-state index contributed by atoms with van der Waals surface area (Å²) in [6, 6.07) is 0.566. The summed E-state index contributed by atoms with van der Waals surface area (Å²) in [6.45, 7) is 2.59. The number of hydrogen-bond donors (Lipinski definition) is 2. The zero-order valence-corrected chi connectivity index (χ0v) is 13.4. The molecule has 0 radical (unpaired) electrons. The second-order valence-corrected chi connectivity index (χ2v) is 5.15. The van der Waals surface area contributed by atoms with Crippen LogP contribution in [-0.2, 0) is 4.79 Å². The molecule has 1 aliphatic rings. The van der Waals surface area contributed by atoms with Crippen LogP contribution in [0.15, 0.2) is 6.07 Å². The number of rotatable bonds is 5. The Morgan fingerprint density at radius 3 is 2.74 bits per heavy atom. The molecule has 0 aliphatic carbocycles. The maximum Gasteiger partial charge on any atom is 0.320 e. The first-order valence-corrected chi connectivity index (χ1v) is 7.31. The molecule has 3 N–H and O–H groups in total. The Kier molecular flexibility index (Phi) is 5.32. The van der Waals surface area contributed by atoms with Crippen LogP contribution < -0.4 is 20.5 Å². The van der Waals surface area contributed by atoms with Gasteiger partial charge in [0.05, 0.1) is 14.2 Å². The molecule has 1 saturated heterocycles. The van der Waals surface area contributed by atoms with E-state index in [9.17, 15) is 9.59 Å². The van der Waals surface area contributed by atoms with Crippen LogP contribution in [0.2, 0.25) is 0 Å². The zero-order chi connectivity index (χ0) is 17.0. The third-order valence-corrected chi connectivity index (χ3v) is 3.54. The van der Waals surface area contributed by atoms with Crippen molar-refractivity contribution >= 4 is 11.8 Å². The van der Waals surface area contributed by atoms with Gasteiger partial charge in [-0.25, -0.2) is 0 Å². The number of nitrogens with zero attached hydrogens (tertiary/aromatic N) is 3. The SMILES string of the molecule is CCNC(=O)[C@@H]1C[C@@H](N)CN1C(=O)c1cc(OC)nc(OC)n1. The predicted molar refractivity (Wildman–Crippen MR) is 81.2 cm³/mol. The minimum absolute atomic E-state index is 0.0192. The highest BCUT2D eigenvalue weighted by atomic mass is 16.5. The highest BCUT2D eigenvalue weighted by molar-refractivity contribution is 5.97. The maximum absolute atomic E-state index is 12.7. The quantitative estimate of drug-likeness (QED) is 0.726. The van der Waals surface area contributed by atoms with Crippen LogP contribution in [0.1, 0.15) is 23.8 Å². The topological polar surface area (TPSA) is 120 Å². The number of carbonyl (C=O) groups is 2. The van der Waals surface area contributed by atoms with Crippen LogP contribution in [-0.4, -0.2) is 66.1 Å². The van der Waals surface area contributed by atoms with Crippen molar-refractivity contribution in [3.8, 4) is 11.9 Å². The molecule has 1 aliphatic heterocycles. The fraction of sp³-hybridized carbons (Fsp3) is 0.571. The summed E-state index contributed by atoms with van der Waals surface area (Å²) >= 11 is 0. The number of hydrogen-bond acceptors (Lipinski definition) is 7. The van der Waals surface area contributed by atoms with E-state index in [1.54, 1.807) is 0 Å². The summed E-state index contributed by atoms with van der Waals surface area (Å²) in [5.74, 6) is -0.423. The fourth-order valence-electron chi connectivity index (χ4n) is 2.49. The van der Waals surface area contributed by atoms with E-state index in [0.717, 1.165) is 0 Å². The van der Waals surface area contributed by atoms with Crippen molar-refractivity contribution in [3.05, 3.63) is 11.8 Å². The first-order chi connectivity index (χ1) is 11.0. The molecule has 1 fully saturated rings. The van der Waals surface area contributed by atoms with Gasteiger partial charge in [-0.15, -0.1) is 0 Å². The van der Waals surface area contributed by atoms with E-state index in [-0.39, 0.29) is 36.1 Å². The van der Waals surface area contributed by atoms with Crippen molar-refractivity contribution in [2.45, 2.75) is 25.4 Å². The molecular weight excluding hydrogens is 302 g/mol. The molecule has 2 atom stereocenters. The van der Waals surface area contributed by atoms with Gasteiger partial charge >= 0.3 is 6.01 Å². The smallest absolute Gasteiger partial charge is 0.320 e. The number of aromatic nitrogens is 2. The van der Waals surface area contributed by atoms with Gasteiger partial charge in [0.15, 0.2) is 0 Å². The van der Waals surface area contributed by atoms with Crippen molar-refractivity contribution in [2.24, 2.45) is 5.73 Å². The average Bonchev–Trinajstić information content (AvgIpc) is 2.95. The highest BCUT2D eigenvalue weighted by Gasteiger charge is 2.39. The minimum Gasteiger partial charge on any atom is -0.481 e. The lowest BCUT2D eigenvalue weighted by molar-refractivity contribution is -0.124. The van der Waals surface area contributed by atoms with Gasteiger partial charge in [-0.1, -0.05) is 0 Å². The Bertz CT molecular complexity index is 572. The number of nitrogens with two attached hydrogens (primary N) is 1. The number of ether oxygens (including phenoxy) is 2. The van der Waals surface area contributed by atoms with Gasteiger partial charge in [0.25, 0.3) is 5.91 Å². The fourth-order valence-corrected chi connectivity index (χ4v) is 2.49. The second-order valence-electron chi connectivity index (χ2n) is 5.15. The number of nitrogens with one attached hydrogen (secondary N) is 1. The molecule has 1 aromatic rings. The Labute approximate surface area is 134 Å². The molecule has 23 heavy (non-hydrogen) atoms. The van der Waals surface area contributed by atoms with Gasteiger partial charge in [-0.3, -0.25) is 9.59 Å². The van der Waals surface area contributed by atoms with Crippen LogP contribution in [0, 0.1) is 0 Å². The normalized spacial score (nSPS) is 20.3. The lowest BCUT2D eigenvalue weighted by Gasteiger charge is -2.23. The van der Waals surface area contributed by atoms with E-state index in [2.05, 4.69) is 15.3 Å². The van der Waals surface area contributed by atoms with E-state index in [1.165, 1.54) is 25.2 Å². The summed E-state index contributed by atoms with van der Waals surface area (Å²) < 4.78 is 10.0. The Morgan fingerprint density at radius 1 is 1.39 bits per heavy atom. The number of methoxy groups -OCH3 is 2. The summed E-state index contributed by atoms with van der Waals surface area (Å²) in [7, 11) is 2.82. The maximum atomic E-state index is 12.7. The third-order valence-electron chi connectivity index (χ3n) is 3.54. The Hall–Kier alpha value is -2.42. The first kappa shape index (κ1) is 16.9. The molecule has 1 aromatic heterocycles. The summed E-state index contributed by atoms with van der Waals surface area (Å²) in [4.78, 5) is 34.3. The largest absolute Gasteiger partial charge is 0.481 e. The molecule has 2 heterocycles. The third kappa shape index (κ3) is 3.67. The molecule has 0 spiro atoms. The number of likely N-dealkylation sites (N-methyl/N-ethyl adjacent to an activating group) is 1. The van der Waals surface area contributed by atoms with E-state index < -0.39 is 11.9 Å². The first-order valence-electron chi connectivity index (χ1n) is 7.31. The van der Waals surface area contributed by atoms with Crippen molar-refractivity contribution in [1.82, 2.24) is 20.2 Å². The van der Waals surface area contributed by atoms with Crippen molar-refractivity contribution in [3.63, 3.8) is 0 Å². The molecule has 2 rings (SSSR count). The molecular formula is C14H21N5O4. The molecule has 0 saturated carbocycles. The van der Waals surface area contributed by atoms with Gasteiger partial charge in [0, 0.05) is 25.2 Å². The number of carbonyl (C=O) groups excluding carboxylic acids is 2. The van der Waals surface area contributed by atoms with Crippen LogP contribution in [0.25, 0.3) is 0 Å². The second kappa shape index (κ2) is 7.23.